The van der Waals surface area contributed by atoms with Crippen LogP contribution in [0.4, 0.5) is 8.28 Å². The van der Waals surface area contributed by atoms with E-state index in [1.807, 2.05) is 0 Å². The largest absolute Gasteiger partial charge is 0.285 e. The van der Waals surface area contributed by atoms with E-state index in [2.05, 4.69) is 4.98 Å². The highest BCUT2D eigenvalue weighted by molar-refractivity contribution is 7.98. The van der Waals surface area contributed by atoms with E-state index in [-0.39, 0.29) is 28.7 Å². The number of halogens is 3. The van der Waals surface area contributed by atoms with Crippen LogP contribution in [0.3, 0.4) is 0 Å². The number of thioether (sulfide) groups is 1. The van der Waals surface area contributed by atoms with Crippen molar-refractivity contribution in [1.82, 2.24) is 8.96 Å². The molecule has 0 spiro atoms. The Hall–Kier alpha value is -1.05. The smallest absolute Gasteiger partial charge is 0.229 e. The fourth-order valence-corrected chi connectivity index (χ4v) is 2.84. The summed E-state index contributed by atoms with van der Waals surface area (Å²) >= 11 is 6.86. The number of hydrogen-bond acceptors (Lipinski definition) is 4. The number of imidazole rings is 1. The maximum absolute atomic E-state index is 13.1. The Morgan fingerprint density at radius 2 is 2.15 bits per heavy atom. The molecule has 0 atom stereocenters. The van der Waals surface area contributed by atoms with E-state index in [1.54, 1.807) is 13.2 Å². The van der Waals surface area contributed by atoms with Crippen molar-refractivity contribution in [2.24, 2.45) is 0 Å². The Kier molecular flexibility index (Phi) is 4.72. The fourth-order valence-electron chi connectivity index (χ4n) is 1.66. The van der Waals surface area contributed by atoms with Gasteiger partial charge < -0.3 is 0 Å². The second kappa shape index (κ2) is 6.15. The predicted molar refractivity (Wildman–Crippen MR) is 77.7 cm³/mol. The normalized spacial score (nSPS) is 10.8. The molecule has 2 rings (SSSR count). The zero-order chi connectivity index (χ0) is 14.9. The molecule has 106 valence electrons. The highest BCUT2D eigenvalue weighted by Gasteiger charge is 2.22. The number of aromatic nitrogens is 2. The van der Waals surface area contributed by atoms with E-state index in [0.717, 1.165) is 10.0 Å². The zero-order valence-electron chi connectivity index (χ0n) is 10.5. The molecule has 8 heteroatoms. The molecule has 0 radical (unpaired) electrons. The van der Waals surface area contributed by atoms with Gasteiger partial charge in [-0.25, -0.2) is 13.3 Å². The van der Waals surface area contributed by atoms with Gasteiger partial charge in [-0.15, -0.1) is 15.6 Å². The summed E-state index contributed by atoms with van der Waals surface area (Å²) < 4.78 is 27.2. The van der Waals surface area contributed by atoms with Crippen LogP contribution >= 0.6 is 35.7 Å². The standard InChI is InChI=1S/C12H9ClF2N2OS2/c1-6-12(19-2)16-11(17(6)20-15)10(18)7-3-4-9(14)8(13)5-7/h3-5H,1-2H3. The van der Waals surface area contributed by atoms with Crippen LogP contribution in [0, 0.1) is 12.7 Å². The van der Waals surface area contributed by atoms with Crippen molar-refractivity contribution >= 4 is 41.5 Å². The van der Waals surface area contributed by atoms with E-state index >= 15 is 0 Å². The van der Waals surface area contributed by atoms with Gasteiger partial charge in [0.05, 0.1) is 10.7 Å². The lowest BCUT2D eigenvalue weighted by molar-refractivity contribution is 0.102. The highest BCUT2D eigenvalue weighted by Crippen LogP contribution is 2.27. The van der Waals surface area contributed by atoms with Gasteiger partial charge in [0, 0.05) is 5.56 Å². The number of carbonyl (C=O) groups is 1. The van der Waals surface area contributed by atoms with E-state index in [0.29, 0.717) is 10.7 Å². The van der Waals surface area contributed by atoms with Crippen molar-refractivity contribution in [1.29, 1.82) is 0 Å². The van der Waals surface area contributed by atoms with Crippen LogP contribution in [0.1, 0.15) is 21.9 Å². The molecule has 2 aromatic rings. The van der Waals surface area contributed by atoms with Crippen LogP contribution in [-0.4, -0.2) is 21.0 Å². The van der Waals surface area contributed by atoms with Crippen LogP contribution in [0.25, 0.3) is 0 Å². The molecule has 0 saturated heterocycles. The summed E-state index contributed by atoms with van der Waals surface area (Å²) in [5, 5.41) is 0.398. The van der Waals surface area contributed by atoms with Gasteiger partial charge in [-0.3, -0.25) is 4.79 Å². The average molecular weight is 335 g/mol. The minimum absolute atomic E-state index is 0.0537. The van der Waals surface area contributed by atoms with Gasteiger partial charge in [-0.2, -0.15) is 0 Å². The number of benzene rings is 1. The lowest BCUT2D eigenvalue weighted by atomic mass is 10.1. The minimum atomic E-state index is -0.618. The predicted octanol–water partition coefficient (Wildman–Crippen LogP) is 4.32. The number of ketones is 1. The van der Waals surface area contributed by atoms with Gasteiger partial charge in [0.25, 0.3) is 0 Å². The zero-order valence-corrected chi connectivity index (χ0v) is 12.9. The molecule has 1 aromatic carbocycles. The summed E-state index contributed by atoms with van der Waals surface area (Å²) in [4.78, 5) is 16.4. The quantitative estimate of drug-likeness (QED) is 0.616. The van der Waals surface area contributed by atoms with Gasteiger partial charge in [-0.1, -0.05) is 11.6 Å². The van der Waals surface area contributed by atoms with Crippen LogP contribution < -0.4 is 0 Å². The van der Waals surface area contributed by atoms with E-state index in [4.69, 9.17) is 11.6 Å². The molecule has 0 bridgehead atoms. The third-order valence-electron chi connectivity index (χ3n) is 2.66. The molecule has 1 heterocycles. The molecule has 0 N–H and O–H groups in total. The van der Waals surface area contributed by atoms with Crippen molar-refractivity contribution in [2.45, 2.75) is 11.9 Å². The first-order valence-electron chi connectivity index (χ1n) is 5.41. The first kappa shape index (κ1) is 15.3. The first-order valence-corrected chi connectivity index (χ1v) is 7.69. The Morgan fingerprint density at radius 3 is 2.70 bits per heavy atom. The number of nitrogens with zero attached hydrogens (tertiary/aromatic N) is 2. The molecule has 0 aliphatic rings. The molecule has 0 unspecified atom stereocenters. The van der Waals surface area contributed by atoms with Gasteiger partial charge in [0.1, 0.15) is 10.8 Å². The maximum atomic E-state index is 13.1. The third kappa shape index (κ3) is 2.70. The molecule has 3 nitrogen and oxygen atoms in total. The number of hydrogen-bond donors (Lipinski definition) is 0. The summed E-state index contributed by atoms with van der Waals surface area (Å²) in [7, 11) is 0. The molecule has 0 aliphatic carbocycles. The topological polar surface area (TPSA) is 34.9 Å². The van der Waals surface area contributed by atoms with Crippen LogP contribution in [0.5, 0.6) is 0 Å². The van der Waals surface area contributed by atoms with Crippen molar-refractivity contribution in [2.75, 3.05) is 6.26 Å². The molecule has 1 aromatic heterocycles. The summed E-state index contributed by atoms with van der Waals surface area (Å²) in [6, 6.07) is 3.59. The van der Waals surface area contributed by atoms with Crippen LogP contribution in [0.2, 0.25) is 5.02 Å². The summed E-state index contributed by atoms with van der Waals surface area (Å²) in [6.07, 6.45) is 1.78. The Labute approximate surface area is 128 Å². The van der Waals surface area contributed by atoms with Gasteiger partial charge in [0.15, 0.2) is 18.2 Å². The fraction of sp³-hybridized carbons (Fsp3) is 0.167. The average Bonchev–Trinajstić information content (AvgIpc) is 2.77. The molecular weight excluding hydrogens is 326 g/mol. The lowest BCUT2D eigenvalue weighted by Gasteiger charge is -2.03. The Morgan fingerprint density at radius 1 is 1.45 bits per heavy atom. The van der Waals surface area contributed by atoms with Crippen molar-refractivity contribution in [3.63, 3.8) is 0 Å². The summed E-state index contributed by atoms with van der Waals surface area (Å²) in [5.74, 6) is -1.19. The lowest BCUT2D eigenvalue weighted by Crippen LogP contribution is -2.08. The minimum Gasteiger partial charge on any atom is -0.285 e. The van der Waals surface area contributed by atoms with Crippen LogP contribution in [0.15, 0.2) is 23.2 Å². The molecule has 20 heavy (non-hydrogen) atoms. The first-order chi connectivity index (χ1) is 9.49. The third-order valence-corrected chi connectivity index (χ3v) is 4.31. The summed E-state index contributed by atoms with van der Waals surface area (Å²) in [5.41, 5.74) is 0.700. The number of rotatable bonds is 4. The molecule has 0 fully saturated rings. The van der Waals surface area contributed by atoms with Crippen molar-refractivity contribution < 1.29 is 13.1 Å². The van der Waals surface area contributed by atoms with E-state index in [1.165, 1.54) is 23.9 Å². The van der Waals surface area contributed by atoms with E-state index in [9.17, 15) is 13.1 Å². The van der Waals surface area contributed by atoms with Gasteiger partial charge in [0.2, 0.25) is 5.78 Å². The van der Waals surface area contributed by atoms with Crippen molar-refractivity contribution in [3.8, 4) is 0 Å². The second-order valence-electron chi connectivity index (χ2n) is 3.85. The molecule has 0 aliphatic heterocycles. The number of carbonyl (C=O) groups excluding carboxylic acids is 1. The molecule has 0 saturated carbocycles. The second-order valence-corrected chi connectivity index (χ2v) is 5.56. The van der Waals surface area contributed by atoms with Gasteiger partial charge >= 0.3 is 0 Å². The van der Waals surface area contributed by atoms with Gasteiger partial charge in [-0.05, 0) is 31.4 Å². The van der Waals surface area contributed by atoms with Crippen LogP contribution in [-0.2, 0) is 0 Å². The monoisotopic (exact) mass is 334 g/mol. The Balaban J connectivity index is 2.50. The summed E-state index contributed by atoms with van der Waals surface area (Å²) in [6.45, 7) is 1.67. The highest BCUT2D eigenvalue weighted by atomic mass is 35.5. The maximum Gasteiger partial charge on any atom is 0.229 e. The SMILES string of the molecule is CSc1nc(C(=O)c2ccc(F)c(Cl)c2)n(SF)c1C. The molecule has 0 amide bonds. The Bertz CT molecular complexity index is 676. The molecular formula is C12H9ClF2N2OS2. The van der Waals surface area contributed by atoms with E-state index < -0.39 is 11.6 Å². The van der Waals surface area contributed by atoms with Crippen molar-refractivity contribution in [3.05, 3.63) is 46.1 Å².